The second-order valence-corrected chi connectivity index (χ2v) is 3.54. The molecule has 0 fully saturated rings. The Morgan fingerprint density at radius 3 is 2.76 bits per heavy atom. The number of anilines is 3. The molecule has 3 N–H and O–H groups in total. The minimum absolute atomic E-state index is 0.112. The molecular formula is C10H10ClN5O. The maximum atomic E-state index is 5.76. The van der Waals surface area contributed by atoms with Gasteiger partial charge >= 0.3 is 0 Å². The Bertz CT molecular complexity index is 496. The number of nitrogens with one attached hydrogen (secondary N) is 1. The van der Waals surface area contributed by atoms with Crippen molar-refractivity contribution >= 4 is 29.1 Å². The molecule has 0 saturated heterocycles. The van der Waals surface area contributed by atoms with Crippen LogP contribution < -0.4 is 15.8 Å². The van der Waals surface area contributed by atoms with Gasteiger partial charge in [0.2, 0.25) is 11.8 Å². The highest BCUT2D eigenvalue weighted by Gasteiger charge is 2.01. The summed E-state index contributed by atoms with van der Waals surface area (Å²) in [5.41, 5.74) is 6.23. The van der Waals surface area contributed by atoms with Gasteiger partial charge in [-0.25, -0.2) is 9.97 Å². The zero-order valence-electron chi connectivity index (χ0n) is 9.01. The highest BCUT2D eigenvalue weighted by molar-refractivity contribution is 6.29. The second kappa shape index (κ2) is 4.84. The molecule has 6 nitrogen and oxygen atoms in total. The lowest BCUT2D eigenvalue weighted by Gasteiger charge is -2.06. The number of rotatable bonds is 3. The van der Waals surface area contributed by atoms with Crippen molar-refractivity contribution in [3.05, 3.63) is 29.5 Å². The smallest absolute Gasteiger partial charge is 0.223 e. The van der Waals surface area contributed by atoms with E-state index < -0.39 is 0 Å². The summed E-state index contributed by atoms with van der Waals surface area (Å²) in [7, 11) is 1.56. The predicted molar refractivity (Wildman–Crippen MR) is 65.5 cm³/mol. The van der Waals surface area contributed by atoms with E-state index in [2.05, 4.69) is 20.3 Å². The van der Waals surface area contributed by atoms with Gasteiger partial charge in [0, 0.05) is 12.1 Å². The molecule has 0 atom stereocenters. The Morgan fingerprint density at radius 2 is 2.18 bits per heavy atom. The van der Waals surface area contributed by atoms with Crippen LogP contribution in [0.25, 0.3) is 0 Å². The van der Waals surface area contributed by atoms with E-state index in [9.17, 15) is 0 Å². The molecule has 2 heterocycles. The lowest BCUT2D eigenvalue weighted by atomic mass is 10.4. The largest absolute Gasteiger partial charge is 0.481 e. The van der Waals surface area contributed by atoms with E-state index >= 15 is 0 Å². The fourth-order valence-corrected chi connectivity index (χ4v) is 1.41. The van der Waals surface area contributed by atoms with Crippen LogP contribution in [-0.2, 0) is 0 Å². The lowest BCUT2D eigenvalue weighted by molar-refractivity contribution is 0.398. The topological polar surface area (TPSA) is 86.0 Å². The molecule has 88 valence electrons. The third-order valence-electron chi connectivity index (χ3n) is 1.93. The summed E-state index contributed by atoms with van der Waals surface area (Å²) >= 11 is 5.76. The van der Waals surface area contributed by atoms with E-state index in [0.717, 1.165) is 5.69 Å². The first-order valence-corrected chi connectivity index (χ1v) is 5.12. The number of nitrogens with two attached hydrogens (primary N) is 1. The Balaban J connectivity index is 2.19. The van der Waals surface area contributed by atoms with Crippen molar-refractivity contribution in [2.75, 3.05) is 18.2 Å². The van der Waals surface area contributed by atoms with E-state index in [4.69, 9.17) is 22.1 Å². The first-order chi connectivity index (χ1) is 8.17. The maximum absolute atomic E-state index is 5.76. The summed E-state index contributed by atoms with van der Waals surface area (Å²) in [5.74, 6) is 1.16. The van der Waals surface area contributed by atoms with Crippen LogP contribution in [0, 0.1) is 0 Å². The normalized spacial score (nSPS) is 10.0. The van der Waals surface area contributed by atoms with Crippen LogP contribution in [0.1, 0.15) is 0 Å². The number of pyridine rings is 1. The number of halogens is 1. The zero-order chi connectivity index (χ0) is 12.3. The van der Waals surface area contributed by atoms with E-state index in [1.54, 1.807) is 31.5 Å². The number of nitrogen functional groups attached to an aromatic ring is 1. The summed E-state index contributed by atoms with van der Waals surface area (Å²) < 4.78 is 4.95. The Hall–Kier alpha value is -2.08. The molecule has 0 spiro atoms. The summed E-state index contributed by atoms with van der Waals surface area (Å²) in [6.07, 6.45) is 1.62. The molecule has 0 saturated carbocycles. The molecule has 0 aliphatic rings. The third-order valence-corrected chi connectivity index (χ3v) is 2.12. The van der Waals surface area contributed by atoms with Crippen molar-refractivity contribution in [1.29, 1.82) is 0 Å². The number of hydrogen-bond acceptors (Lipinski definition) is 6. The van der Waals surface area contributed by atoms with Gasteiger partial charge in [0.25, 0.3) is 0 Å². The van der Waals surface area contributed by atoms with E-state index in [-0.39, 0.29) is 11.1 Å². The van der Waals surface area contributed by atoms with Gasteiger partial charge in [0.05, 0.1) is 19.0 Å². The first-order valence-electron chi connectivity index (χ1n) is 4.74. The van der Waals surface area contributed by atoms with Crippen LogP contribution in [0.2, 0.25) is 5.15 Å². The Kier molecular flexibility index (Phi) is 3.24. The van der Waals surface area contributed by atoms with Gasteiger partial charge in [-0.2, -0.15) is 4.98 Å². The van der Waals surface area contributed by atoms with Crippen molar-refractivity contribution in [3.63, 3.8) is 0 Å². The fraction of sp³-hybridized carbons (Fsp3) is 0.100. The summed E-state index contributed by atoms with van der Waals surface area (Å²) in [5, 5.41) is 3.28. The SMILES string of the molecule is COc1ccc(Nc2cc(Cl)nc(N)n2)cn1. The second-order valence-electron chi connectivity index (χ2n) is 3.15. The van der Waals surface area contributed by atoms with Crippen molar-refractivity contribution in [2.45, 2.75) is 0 Å². The van der Waals surface area contributed by atoms with Gasteiger partial charge in [-0.3, -0.25) is 0 Å². The van der Waals surface area contributed by atoms with Crippen molar-refractivity contribution in [2.24, 2.45) is 0 Å². The molecule has 7 heteroatoms. The Morgan fingerprint density at radius 1 is 1.35 bits per heavy atom. The number of aromatic nitrogens is 3. The molecule has 17 heavy (non-hydrogen) atoms. The van der Waals surface area contributed by atoms with E-state index in [1.807, 2.05) is 0 Å². The van der Waals surface area contributed by atoms with Crippen LogP contribution in [0.3, 0.4) is 0 Å². The summed E-state index contributed by atoms with van der Waals surface area (Å²) in [4.78, 5) is 11.8. The number of hydrogen-bond donors (Lipinski definition) is 2. The summed E-state index contributed by atoms with van der Waals surface area (Å²) in [6, 6.07) is 5.11. The highest BCUT2D eigenvalue weighted by atomic mass is 35.5. The molecule has 0 amide bonds. The van der Waals surface area contributed by atoms with Crippen LogP contribution in [0.15, 0.2) is 24.4 Å². The minimum Gasteiger partial charge on any atom is -0.481 e. The summed E-state index contributed by atoms with van der Waals surface area (Å²) in [6.45, 7) is 0. The van der Waals surface area contributed by atoms with Crippen molar-refractivity contribution < 1.29 is 4.74 Å². The van der Waals surface area contributed by atoms with Crippen molar-refractivity contribution in [3.8, 4) is 5.88 Å². The van der Waals surface area contributed by atoms with Crippen LogP contribution in [0.4, 0.5) is 17.5 Å². The van der Waals surface area contributed by atoms with Gasteiger partial charge in [0.15, 0.2) is 0 Å². The van der Waals surface area contributed by atoms with Crippen LogP contribution in [0.5, 0.6) is 5.88 Å². The lowest BCUT2D eigenvalue weighted by Crippen LogP contribution is -2.00. The highest BCUT2D eigenvalue weighted by Crippen LogP contribution is 2.18. The number of methoxy groups -OCH3 is 1. The van der Waals surface area contributed by atoms with Gasteiger partial charge in [0.1, 0.15) is 11.0 Å². The van der Waals surface area contributed by atoms with Gasteiger partial charge in [-0.05, 0) is 6.07 Å². The van der Waals surface area contributed by atoms with Crippen molar-refractivity contribution in [1.82, 2.24) is 15.0 Å². The van der Waals surface area contributed by atoms with Gasteiger partial charge in [-0.1, -0.05) is 11.6 Å². The van der Waals surface area contributed by atoms with Crippen LogP contribution in [-0.4, -0.2) is 22.1 Å². The molecular weight excluding hydrogens is 242 g/mol. The van der Waals surface area contributed by atoms with Crippen LogP contribution >= 0.6 is 11.6 Å². The average molecular weight is 252 g/mol. The third kappa shape index (κ3) is 2.94. The molecule has 0 aliphatic carbocycles. The zero-order valence-corrected chi connectivity index (χ0v) is 9.77. The molecule has 0 aromatic carbocycles. The standard InChI is InChI=1S/C10H10ClN5O/c1-17-9-3-2-6(5-13-9)14-8-4-7(11)15-10(12)16-8/h2-5H,1H3,(H3,12,14,15,16). The molecule has 2 aromatic rings. The number of ether oxygens (including phenoxy) is 1. The van der Waals surface area contributed by atoms with Gasteiger partial charge in [-0.15, -0.1) is 0 Å². The molecule has 0 aliphatic heterocycles. The molecule has 0 unspecified atom stereocenters. The molecule has 0 bridgehead atoms. The molecule has 2 aromatic heterocycles. The minimum atomic E-state index is 0.112. The predicted octanol–water partition coefficient (Wildman–Crippen LogP) is 1.86. The first kappa shape index (κ1) is 11.4. The maximum Gasteiger partial charge on any atom is 0.223 e. The van der Waals surface area contributed by atoms with E-state index in [1.165, 1.54) is 0 Å². The average Bonchev–Trinajstić information content (AvgIpc) is 2.28. The van der Waals surface area contributed by atoms with E-state index in [0.29, 0.717) is 11.7 Å². The fourth-order valence-electron chi connectivity index (χ4n) is 1.22. The quantitative estimate of drug-likeness (QED) is 0.810. The molecule has 0 radical (unpaired) electrons. The Labute approximate surface area is 103 Å². The van der Waals surface area contributed by atoms with Gasteiger partial charge < -0.3 is 15.8 Å². The molecule has 2 rings (SSSR count). The number of nitrogens with zero attached hydrogens (tertiary/aromatic N) is 3. The monoisotopic (exact) mass is 251 g/mol.